The fourth-order valence-electron chi connectivity index (χ4n) is 1.90. The van der Waals surface area contributed by atoms with Crippen LogP contribution in [0.4, 0.5) is 0 Å². The number of sulfonamides is 1. The first-order valence-corrected chi connectivity index (χ1v) is 7.56. The van der Waals surface area contributed by atoms with Crippen molar-refractivity contribution >= 4 is 10.0 Å². The summed E-state index contributed by atoms with van der Waals surface area (Å²) in [5, 5.41) is 5.17. The van der Waals surface area contributed by atoms with Crippen LogP contribution in [0.25, 0.3) is 0 Å². The number of hydrogen-bond acceptors (Lipinski definition) is 4. The Morgan fingerprint density at radius 2 is 2.00 bits per heavy atom. The second-order valence-corrected chi connectivity index (χ2v) is 6.20. The van der Waals surface area contributed by atoms with E-state index >= 15 is 0 Å². The van der Waals surface area contributed by atoms with E-state index in [1.807, 2.05) is 17.8 Å². The van der Waals surface area contributed by atoms with Gasteiger partial charge in [0, 0.05) is 19.4 Å². The SMILES string of the molecule is Cc1cc(S(N)(=O)=O)c(C)cc1OCc1nccn1C. The minimum absolute atomic E-state index is 0.124. The molecule has 20 heavy (non-hydrogen) atoms. The predicted octanol–water partition coefficient (Wildman–Crippen LogP) is 1.26. The van der Waals surface area contributed by atoms with E-state index in [2.05, 4.69) is 4.98 Å². The molecule has 0 amide bonds. The van der Waals surface area contributed by atoms with Gasteiger partial charge in [0.15, 0.2) is 0 Å². The van der Waals surface area contributed by atoms with Gasteiger partial charge in [0.25, 0.3) is 0 Å². The van der Waals surface area contributed by atoms with E-state index < -0.39 is 10.0 Å². The number of nitrogens with two attached hydrogens (primary N) is 1. The zero-order chi connectivity index (χ0) is 14.9. The van der Waals surface area contributed by atoms with Crippen LogP contribution >= 0.6 is 0 Å². The van der Waals surface area contributed by atoms with Gasteiger partial charge in [-0.25, -0.2) is 18.5 Å². The van der Waals surface area contributed by atoms with Crippen molar-refractivity contribution in [1.82, 2.24) is 9.55 Å². The Hall–Kier alpha value is -1.86. The standard InChI is InChI=1S/C13H17N3O3S/c1-9-7-12(20(14,17)18)10(2)6-11(9)19-8-13-15-4-5-16(13)3/h4-7H,8H2,1-3H3,(H2,14,17,18). The summed E-state index contributed by atoms with van der Waals surface area (Å²) in [4.78, 5) is 4.29. The van der Waals surface area contributed by atoms with Crippen LogP contribution in [-0.2, 0) is 23.7 Å². The lowest BCUT2D eigenvalue weighted by Crippen LogP contribution is -2.14. The monoisotopic (exact) mass is 295 g/mol. The van der Waals surface area contributed by atoms with Gasteiger partial charge in [-0.05, 0) is 37.1 Å². The van der Waals surface area contributed by atoms with Crippen molar-refractivity contribution < 1.29 is 13.2 Å². The van der Waals surface area contributed by atoms with Crippen LogP contribution in [0, 0.1) is 13.8 Å². The van der Waals surface area contributed by atoms with E-state index in [0.29, 0.717) is 23.5 Å². The van der Waals surface area contributed by atoms with Crippen LogP contribution in [0.3, 0.4) is 0 Å². The molecule has 7 heteroatoms. The van der Waals surface area contributed by atoms with Gasteiger partial charge in [-0.1, -0.05) is 0 Å². The molecule has 6 nitrogen and oxygen atoms in total. The number of primary sulfonamides is 1. The second-order valence-electron chi connectivity index (χ2n) is 4.67. The Labute approximate surface area is 118 Å². The molecule has 0 fully saturated rings. The van der Waals surface area contributed by atoms with Gasteiger partial charge in [0.05, 0.1) is 4.90 Å². The third-order valence-corrected chi connectivity index (χ3v) is 4.11. The summed E-state index contributed by atoms with van der Waals surface area (Å²) in [7, 11) is -1.83. The van der Waals surface area contributed by atoms with Gasteiger partial charge in [-0.15, -0.1) is 0 Å². The van der Waals surface area contributed by atoms with E-state index in [4.69, 9.17) is 9.88 Å². The molecule has 0 bridgehead atoms. The van der Waals surface area contributed by atoms with E-state index in [0.717, 1.165) is 5.82 Å². The molecule has 0 spiro atoms. The van der Waals surface area contributed by atoms with E-state index in [1.54, 1.807) is 26.1 Å². The molecule has 108 valence electrons. The number of ether oxygens (including phenoxy) is 1. The molecule has 0 unspecified atom stereocenters. The summed E-state index contributed by atoms with van der Waals surface area (Å²) in [6.07, 6.45) is 3.53. The van der Waals surface area contributed by atoms with Gasteiger partial charge in [0.1, 0.15) is 18.2 Å². The first kappa shape index (κ1) is 14.5. The van der Waals surface area contributed by atoms with Gasteiger partial charge >= 0.3 is 0 Å². The zero-order valence-electron chi connectivity index (χ0n) is 11.6. The van der Waals surface area contributed by atoms with Crippen LogP contribution in [0.1, 0.15) is 17.0 Å². The maximum atomic E-state index is 11.4. The lowest BCUT2D eigenvalue weighted by molar-refractivity contribution is 0.289. The number of imidazole rings is 1. The van der Waals surface area contributed by atoms with Crippen molar-refractivity contribution in [3.8, 4) is 5.75 Å². The molecular weight excluding hydrogens is 278 g/mol. The molecule has 1 heterocycles. The summed E-state index contributed by atoms with van der Waals surface area (Å²) < 4.78 is 30.4. The normalized spacial score (nSPS) is 11.6. The Bertz CT molecular complexity index is 735. The highest BCUT2D eigenvalue weighted by Gasteiger charge is 2.14. The minimum Gasteiger partial charge on any atom is -0.485 e. The van der Waals surface area contributed by atoms with Crippen LogP contribution < -0.4 is 9.88 Å². The van der Waals surface area contributed by atoms with Gasteiger partial charge in [0.2, 0.25) is 10.0 Å². The average molecular weight is 295 g/mol. The van der Waals surface area contributed by atoms with Crippen molar-refractivity contribution in [2.75, 3.05) is 0 Å². The first-order chi connectivity index (χ1) is 9.29. The lowest BCUT2D eigenvalue weighted by Gasteiger charge is -2.12. The van der Waals surface area contributed by atoms with Crippen molar-refractivity contribution in [2.24, 2.45) is 12.2 Å². The third-order valence-electron chi connectivity index (χ3n) is 3.06. The van der Waals surface area contributed by atoms with Gasteiger partial charge < -0.3 is 9.30 Å². The first-order valence-electron chi connectivity index (χ1n) is 6.02. The minimum atomic E-state index is -3.71. The van der Waals surface area contributed by atoms with E-state index in [1.165, 1.54) is 6.07 Å². The molecule has 2 rings (SSSR count). The van der Waals surface area contributed by atoms with Crippen LogP contribution in [0.15, 0.2) is 29.4 Å². The number of hydrogen-bond donors (Lipinski definition) is 1. The highest BCUT2D eigenvalue weighted by atomic mass is 32.2. The third kappa shape index (κ3) is 3.00. The Morgan fingerprint density at radius 3 is 2.55 bits per heavy atom. The van der Waals surface area contributed by atoms with Crippen molar-refractivity contribution in [1.29, 1.82) is 0 Å². The summed E-state index contributed by atoms with van der Waals surface area (Å²) in [5.41, 5.74) is 1.28. The molecule has 0 aliphatic heterocycles. The predicted molar refractivity (Wildman–Crippen MR) is 74.8 cm³/mol. The molecule has 0 aliphatic carbocycles. The van der Waals surface area contributed by atoms with E-state index in [-0.39, 0.29) is 4.90 Å². The number of aryl methyl sites for hydroxylation is 3. The average Bonchev–Trinajstić information content (AvgIpc) is 2.74. The lowest BCUT2D eigenvalue weighted by atomic mass is 10.1. The molecule has 0 atom stereocenters. The van der Waals surface area contributed by atoms with Crippen molar-refractivity contribution in [3.05, 3.63) is 41.5 Å². The molecule has 2 N–H and O–H groups in total. The summed E-state index contributed by atoms with van der Waals surface area (Å²) in [5.74, 6) is 1.41. The molecule has 0 saturated carbocycles. The topological polar surface area (TPSA) is 87.2 Å². The summed E-state index contributed by atoms with van der Waals surface area (Å²) in [6.45, 7) is 3.78. The van der Waals surface area contributed by atoms with E-state index in [9.17, 15) is 8.42 Å². The van der Waals surface area contributed by atoms with Crippen molar-refractivity contribution in [2.45, 2.75) is 25.3 Å². The highest BCUT2D eigenvalue weighted by molar-refractivity contribution is 7.89. The largest absolute Gasteiger partial charge is 0.485 e. The molecule has 0 radical (unpaired) electrons. The smallest absolute Gasteiger partial charge is 0.238 e. The molecule has 1 aromatic carbocycles. The number of aromatic nitrogens is 2. The molecule has 1 aromatic heterocycles. The number of benzene rings is 1. The van der Waals surface area contributed by atoms with Gasteiger partial charge in [-0.2, -0.15) is 0 Å². The zero-order valence-corrected chi connectivity index (χ0v) is 12.4. The van der Waals surface area contributed by atoms with Crippen molar-refractivity contribution in [3.63, 3.8) is 0 Å². The Kier molecular flexibility index (Phi) is 3.82. The van der Waals surface area contributed by atoms with Crippen LogP contribution in [-0.4, -0.2) is 18.0 Å². The summed E-state index contributed by atoms with van der Waals surface area (Å²) in [6, 6.07) is 3.20. The Balaban J connectivity index is 2.26. The number of nitrogens with zero attached hydrogens (tertiary/aromatic N) is 2. The quantitative estimate of drug-likeness (QED) is 0.920. The molecule has 0 saturated heterocycles. The summed E-state index contributed by atoms with van der Waals surface area (Å²) >= 11 is 0. The number of rotatable bonds is 4. The fourth-order valence-corrected chi connectivity index (χ4v) is 2.75. The Morgan fingerprint density at radius 1 is 1.30 bits per heavy atom. The highest BCUT2D eigenvalue weighted by Crippen LogP contribution is 2.25. The van der Waals surface area contributed by atoms with Gasteiger partial charge in [-0.3, -0.25) is 0 Å². The molecular formula is C13H17N3O3S. The molecule has 0 aliphatic rings. The fraction of sp³-hybridized carbons (Fsp3) is 0.308. The second kappa shape index (κ2) is 5.26. The van der Waals surface area contributed by atoms with Crippen LogP contribution in [0.2, 0.25) is 0 Å². The maximum absolute atomic E-state index is 11.4. The van der Waals surface area contributed by atoms with Crippen LogP contribution in [0.5, 0.6) is 5.75 Å². The maximum Gasteiger partial charge on any atom is 0.238 e. The molecule has 2 aromatic rings.